The minimum absolute atomic E-state index is 1.20. The van der Waals surface area contributed by atoms with Crippen molar-refractivity contribution in [3.63, 3.8) is 0 Å². The van der Waals surface area contributed by atoms with Gasteiger partial charge < -0.3 is 0 Å². The van der Waals surface area contributed by atoms with E-state index in [0.29, 0.717) is 0 Å². The zero-order chi connectivity index (χ0) is 4.12. The molecule has 0 aromatic rings. The van der Waals surface area contributed by atoms with Crippen molar-refractivity contribution < 1.29 is 0 Å². The van der Waals surface area contributed by atoms with E-state index in [-0.39, 0.29) is 0 Å². The van der Waals surface area contributed by atoms with Crippen LogP contribution in [0.25, 0.3) is 0 Å². The van der Waals surface area contributed by atoms with Crippen LogP contribution >= 0.6 is 12.1 Å². The third-order valence-electron chi connectivity index (χ3n) is 0.111. The summed E-state index contributed by atoms with van der Waals surface area (Å²) in [5, 5.41) is 0. The zero-order valence-corrected chi connectivity index (χ0v) is 4.83. The SMILES string of the molecule is S=BB=S=S. The van der Waals surface area contributed by atoms with Gasteiger partial charge in [0.05, 0.1) is 0 Å². The van der Waals surface area contributed by atoms with Gasteiger partial charge >= 0.3 is 45.1 Å². The number of hydrogen-bond donors (Lipinski definition) is 0. The maximum absolute atomic E-state index is 4.41. The first-order valence-electron chi connectivity index (χ1n) is 0.971. The van der Waals surface area contributed by atoms with Gasteiger partial charge in [-0.15, -0.1) is 0 Å². The monoisotopic (exact) mass is 118 g/mol. The van der Waals surface area contributed by atoms with E-state index in [1.165, 1.54) is 15.8 Å². The molecule has 5 heavy (non-hydrogen) atoms. The molecule has 0 fully saturated rings. The van der Waals surface area contributed by atoms with Crippen molar-refractivity contribution in [2.75, 3.05) is 0 Å². The summed E-state index contributed by atoms with van der Waals surface area (Å²) in [6.07, 6.45) is 0. The normalized spacial score (nSPS) is 4.00. The molecule has 0 nitrogen and oxygen atoms in total. The Morgan fingerprint density at radius 3 is 2.20 bits per heavy atom. The summed E-state index contributed by atoms with van der Waals surface area (Å²) >= 11 is 8.80. The van der Waals surface area contributed by atoms with Crippen LogP contribution in [0.4, 0.5) is 0 Å². The Bertz CT molecular complexity index is 69.0. The summed E-state index contributed by atoms with van der Waals surface area (Å²) in [6.45, 7) is 0. The summed E-state index contributed by atoms with van der Waals surface area (Å²) in [5.41, 5.74) is 0. The van der Waals surface area contributed by atoms with Crippen LogP contribution in [0.15, 0.2) is 0 Å². The molecule has 0 aromatic heterocycles. The molecule has 0 aromatic carbocycles. The van der Waals surface area contributed by atoms with Gasteiger partial charge in [0.15, 0.2) is 0 Å². The molecular weight excluding hydrogens is 118 g/mol. The molecule has 0 saturated heterocycles. The average molecular weight is 118 g/mol. The van der Waals surface area contributed by atoms with E-state index in [0.717, 1.165) is 0 Å². The molecule has 0 atom stereocenters. The fourth-order valence-electron chi connectivity index (χ4n) is 0.0227. The third-order valence-corrected chi connectivity index (χ3v) is 1.00. The topological polar surface area (TPSA) is 0 Å². The molecule has 0 aliphatic carbocycles. The van der Waals surface area contributed by atoms with E-state index in [9.17, 15) is 0 Å². The second-order valence-electron chi connectivity index (χ2n) is 0.368. The molecule has 0 unspecified atom stereocenters. The van der Waals surface area contributed by atoms with E-state index >= 15 is 0 Å². The van der Waals surface area contributed by atoms with E-state index in [2.05, 4.69) is 23.2 Å². The van der Waals surface area contributed by atoms with Gasteiger partial charge in [-0.3, -0.25) is 0 Å². The van der Waals surface area contributed by atoms with Gasteiger partial charge in [0.1, 0.15) is 0 Å². The Labute approximate surface area is 45.4 Å². The Hall–Kier alpha value is 0.790. The molecular formula is B2S3. The summed E-state index contributed by atoms with van der Waals surface area (Å²) in [7, 11) is 1.20. The van der Waals surface area contributed by atoms with Gasteiger partial charge in [-0.25, -0.2) is 0 Å². The van der Waals surface area contributed by atoms with Crippen LogP contribution in [0.1, 0.15) is 0 Å². The second kappa shape index (κ2) is 4.79. The first-order chi connectivity index (χ1) is 2.41. The van der Waals surface area contributed by atoms with Gasteiger partial charge in [-0.2, -0.15) is 0 Å². The summed E-state index contributed by atoms with van der Waals surface area (Å²) < 4.78 is 0. The molecule has 0 saturated carbocycles. The Morgan fingerprint density at radius 2 is 2.20 bits per heavy atom. The molecule has 0 rings (SSSR count). The molecule has 0 bridgehead atoms. The molecule has 0 aliphatic rings. The number of hydrogen-bond acceptors (Lipinski definition) is 2. The van der Waals surface area contributed by atoms with E-state index in [4.69, 9.17) is 0 Å². The van der Waals surface area contributed by atoms with Crippen LogP contribution in [-0.4, -0.2) is 12.1 Å². The van der Waals surface area contributed by atoms with Crippen molar-refractivity contribution in [1.29, 1.82) is 0 Å². The van der Waals surface area contributed by atoms with E-state index < -0.39 is 0 Å². The average Bonchev–Trinajstić information content (AvgIpc) is 1.41. The van der Waals surface area contributed by atoms with Crippen LogP contribution in [0, 0.1) is 0 Å². The summed E-state index contributed by atoms with van der Waals surface area (Å²) in [6, 6.07) is 3.17. The van der Waals surface area contributed by atoms with Crippen molar-refractivity contribution >= 4 is 45.1 Å². The quantitative estimate of drug-likeness (QED) is 0.440. The van der Waals surface area contributed by atoms with Gasteiger partial charge in [-0.05, 0) is 0 Å². The predicted molar refractivity (Wildman–Crippen MR) is 33.8 cm³/mol. The molecule has 0 N–H and O–H groups in total. The molecule has 24 valence electrons. The van der Waals surface area contributed by atoms with Gasteiger partial charge in [0.2, 0.25) is 0 Å². The Balaban J connectivity index is 3.31. The Morgan fingerprint density at radius 1 is 1.60 bits per heavy atom. The predicted octanol–water partition coefficient (Wildman–Crippen LogP) is -0.118. The molecule has 0 aliphatic heterocycles. The van der Waals surface area contributed by atoms with Crippen LogP contribution in [0.3, 0.4) is 0 Å². The summed E-state index contributed by atoms with van der Waals surface area (Å²) in [4.78, 5) is 0. The molecule has 0 amide bonds. The molecule has 0 radical (unpaired) electrons. The standard InChI is InChI=1S/B2S3/c3-1-2-5-4. The first kappa shape index (κ1) is 5.79. The molecule has 5 heteroatoms. The van der Waals surface area contributed by atoms with Crippen molar-refractivity contribution in [2.24, 2.45) is 0 Å². The first-order valence-corrected chi connectivity index (χ1v) is 3.25. The fourth-order valence-corrected chi connectivity index (χ4v) is 0.612. The minimum atomic E-state index is 1.20. The van der Waals surface area contributed by atoms with Gasteiger partial charge in [-0.1, -0.05) is 0 Å². The third kappa shape index (κ3) is 4.79. The molecule has 0 heterocycles. The summed E-state index contributed by atoms with van der Waals surface area (Å²) in [5.74, 6) is 0. The van der Waals surface area contributed by atoms with Crippen LogP contribution in [0.2, 0.25) is 0 Å². The van der Waals surface area contributed by atoms with Crippen molar-refractivity contribution in [1.82, 2.24) is 0 Å². The fraction of sp³-hybridized carbons (Fsp3) is 0. The van der Waals surface area contributed by atoms with Crippen molar-refractivity contribution in [3.05, 3.63) is 0 Å². The van der Waals surface area contributed by atoms with Crippen LogP contribution in [-0.2, 0) is 20.9 Å². The van der Waals surface area contributed by atoms with Crippen molar-refractivity contribution in [2.45, 2.75) is 0 Å². The van der Waals surface area contributed by atoms with E-state index in [1.54, 1.807) is 6.05 Å². The second-order valence-corrected chi connectivity index (χ2v) is 1.68. The van der Waals surface area contributed by atoms with Crippen LogP contribution in [0.5, 0.6) is 0 Å². The Kier molecular flexibility index (Phi) is 5.55. The number of rotatable bonds is 1. The zero-order valence-electron chi connectivity index (χ0n) is 2.38. The molecule has 0 spiro atoms. The van der Waals surface area contributed by atoms with Gasteiger partial charge in [0.25, 0.3) is 0 Å². The maximum atomic E-state index is 4.41. The van der Waals surface area contributed by atoms with Crippen molar-refractivity contribution in [3.8, 4) is 0 Å². The van der Waals surface area contributed by atoms with E-state index in [1.807, 2.05) is 0 Å². The van der Waals surface area contributed by atoms with Gasteiger partial charge in [0, 0.05) is 0 Å². The van der Waals surface area contributed by atoms with Crippen LogP contribution < -0.4 is 0 Å².